The van der Waals surface area contributed by atoms with Crippen molar-refractivity contribution < 1.29 is 24.8 Å². The van der Waals surface area contributed by atoms with Gasteiger partial charge in [0.25, 0.3) is 6.01 Å². The van der Waals surface area contributed by atoms with Gasteiger partial charge >= 0.3 is 0 Å². The molecule has 0 aliphatic carbocycles. The van der Waals surface area contributed by atoms with Crippen LogP contribution in [0.2, 0.25) is 0 Å². The maximum absolute atomic E-state index is 11.6. The molecule has 0 saturated carbocycles. The number of aliphatic hydroxyl groups is 1. The van der Waals surface area contributed by atoms with Gasteiger partial charge in [0.05, 0.1) is 47.4 Å². The van der Waals surface area contributed by atoms with Crippen LogP contribution in [0.4, 0.5) is 0 Å². The SMILES string of the molecule is Cn1c(OCC[C@]23C[C@H](O)[C@](C)(O2)c2c3c(O)n(-c3ccc(C#N)c4ccccc34)c2O)nc2cncnc21. The standard InChI is InChI=1S/C28H24N6O5/c1-27-20(35)11-28(39-27,9-10-38-26-32-18-13-30-14-31-23(18)33(26)2)22-21(27)24(36)34(25(22)37)19-8-7-15(12-29)16-5-3-4-6-17(16)19/h3-8,13-14,20,35-37H,9-11H2,1-2H3/t20-,27-,28+/m0/s1. The van der Waals surface area contributed by atoms with Crippen molar-refractivity contribution in [1.29, 1.82) is 5.26 Å². The molecule has 11 nitrogen and oxygen atoms in total. The van der Waals surface area contributed by atoms with Crippen LogP contribution in [0.25, 0.3) is 27.6 Å². The number of benzene rings is 2. The van der Waals surface area contributed by atoms with Crippen molar-refractivity contribution in [2.75, 3.05) is 6.61 Å². The summed E-state index contributed by atoms with van der Waals surface area (Å²) < 4.78 is 15.5. The normalized spacial score (nSPS) is 23.4. The minimum Gasteiger partial charge on any atom is -0.494 e. The highest BCUT2D eigenvalue weighted by molar-refractivity contribution is 5.95. The maximum Gasteiger partial charge on any atom is 0.298 e. The van der Waals surface area contributed by atoms with Crippen molar-refractivity contribution in [1.82, 2.24) is 24.1 Å². The molecule has 3 aromatic heterocycles. The Morgan fingerprint density at radius 3 is 2.69 bits per heavy atom. The number of aromatic hydroxyl groups is 2. The topological polar surface area (TPSA) is 151 Å². The summed E-state index contributed by atoms with van der Waals surface area (Å²) in [4.78, 5) is 12.7. The Labute approximate surface area is 222 Å². The Morgan fingerprint density at radius 2 is 1.92 bits per heavy atom. The fourth-order valence-electron chi connectivity index (χ4n) is 6.28. The number of fused-ring (bicyclic) bond motifs is 7. The van der Waals surface area contributed by atoms with Gasteiger partial charge in [0.1, 0.15) is 23.0 Å². The first kappa shape index (κ1) is 23.5. The smallest absolute Gasteiger partial charge is 0.298 e. The first-order valence-corrected chi connectivity index (χ1v) is 12.5. The Hall–Kier alpha value is -4.66. The summed E-state index contributed by atoms with van der Waals surface area (Å²) in [6, 6.07) is 13.2. The van der Waals surface area contributed by atoms with Crippen LogP contribution in [0.1, 0.15) is 36.5 Å². The molecule has 3 N–H and O–H groups in total. The van der Waals surface area contributed by atoms with Crippen LogP contribution < -0.4 is 4.74 Å². The monoisotopic (exact) mass is 524 g/mol. The van der Waals surface area contributed by atoms with Gasteiger partial charge < -0.3 is 24.8 Å². The maximum atomic E-state index is 11.6. The molecule has 2 bridgehead atoms. The van der Waals surface area contributed by atoms with Crippen LogP contribution in [0.3, 0.4) is 0 Å². The molecule has 196 valence electrons. The molecule has 2 aromatic carbocycles. The molecule has 7 rings (SSSR count). The molecule has 1 fully saturated rings. The van der Waals surface area contributed by atoms with Crippen molar-refractivity contribution in [3.05, 3.63) is 65.6 Å². The number of aliphatic hydroxyl groups excluding tert-OH is 1. The molecule has 0 unspecified atom stereocenters. The van der Waals surface area contributed by atoms with Gasteiger partial charge in [-0.1, -0.05) is 24.3 Å². The minimum atomic E-state index is -1.22. The zero-order chi connectivity index (χ0) is 27.1. The van der Waals surface area contributed by atoms with Crippen LogP contribution in [-0.2, 0) is 23.0 Å². The summed E-state index contributed by atoms with van der Waals surface area (Å²) in [7, 11) is 1.79. The molecule has 5 aromatic rings. The van der Waals surface area contributed by atoms with Gasteiger partial charge in [-0.25, -0.2) is 9.97 Å². The van der Waals surface area contributed by atoms with Crippen molar-refractivity contribution >= 4 is 21.9 Å². The summed E-state index contributed by atoms with van der Waals surface area (Å²) >= 11 is 0. The number of hydrogen-bond acceptors (Lipinski definition) is 9. The minimum absolute atomic E-state index is 0.165. The zero-order valence-electron chi connectivity index (χ0n) is 21.2. The number of ether oxygens (including phenoxy) is 2. The third kappa shape index (κ3) is 3.01. The van der Waals surface area contributed by atoms with E-state index in [1.807, 2.05) is 24.3 Å². The third-order valence-corrected chi connectivity index (χ3v) is 8.13. The number of imidazole rings is 1. The van der Waals surface area contributed by atoms with E-state index in [-0.39, 0.29) is 31.2 Å². The summed E-state index contributed by atoms with van der Waals surface area (Å²) in [6.07, 6.45) is 2.65. The lowest BCUT2D eigenvalue weighted by molar-refractivity contribution is -0.107. The largest absolute Gasteiger partial charge is 0.494 e. The van der Waals surface area contributed by atoms with E-state index in [2.05, 4.69) is 21.0 Å². The summed E-state index contributed by atoms with van der Waals surface area (Å²) in [6.45, 7) is 1.88. The molecule has 5 heterocycles. The number of rotatable bonds is 5. The highest BCUT2D eigenvalue weighted by atomic mass is 16.6. The van der Waals surface area contributed by atoms with E-state index in [1.165, 1.54) is 10.9 Å². The van der Waals surface area contributed by atoms with E-state index >= 15 is 0 Å². The molecular formula is C28H24N6O5. The van der Waals surface area contributed by atoms with E-state index in [0.29, 0.717) is 50.3 Å². The van der Waals surface area contributed by atoms with Gasteiger partial charge in [-0.15, -0.1) is 0 Å². The van der Waals surface area contributed by atoms with Gasteiger partial charge in [0.15, 0.2) is 5.65 Å². The highest BCUT2D eigenvalue weighted by Gasteiger charge is 2.66. The third-order valence-electron chi connectivity index (χ3n) is 8.13. The second-order valence-electron chi connectivity index (χ2n) is 10.2. The highest BCUT2D eigenvalue weighted by Crippen LogP contribution is 2.65. The predicted molar refractivity (Wildman–Crippen MR) is 138 cm³/mol. The first-order valence-electron chi connectivity index (χ1n) is 12.5. The van der Waals surface area contributed by atoms with Gasteiger partial charge in [-0.2, -0.15) is 10.2 Å². The van der Waals surface area contributed by atoms with Crippen LogP contribution in [0, 0.1) is 11.3 Å². The molecule has 39 heavy (non-hydrogen) atoms. The lowest BCUT2D eigenvalue weighted by atomic mass is 9.76. The van der Waals surface area contributed by atoms with E-state index in [4.69, 9.17) is 9.47 Å². The zero-order valence-corrected chi connectivity index (χ0v) is 21.2. The number of aromatic nitrogens is 5. The second-order valence-corrected chi connectivity index (χ2v) is 10.2. The average Bonchev–Trinajstić information content (AvgIpc) is 3.58. The molecule has 3 atom stereocenters. The van der Waals surface area contributed by atoms with Crippen molar-refractivity contribution in [2.45, 2.75) is 37.1 Å². The van der Waals surface area contributed by atoms with Crippen molar-refractivity contribution in [3.8, 4) is 29.5 Å². The van der Waals surface area contributed by atoms with E-state index in [0.717, 1.165) is 0 Å². The summed E-state index contributed by atoms with van der Waals surface area (Å²) in [5.74, 6) is -0.388. The van der Waals surface area contributed by atoms with Gasteiger partial charge in [-0.3, -0.25) is 9.13 Å². The van der Waals surface area contributed by atoms with E-state index in [9.17, 15) is 20.6 Å². The molecule has 2 aliphatic heterocycles. The molecular weight excluding hydrogens is 500 g/mol. The fraction of sp³-hybridized carbons (Fsp3) is 0.286. The van der Waals surface area contributed by atoms with Crippen LogP contribution in [0.5, 0.6) is 17.8 Å². The Morgan fingerprint density at radius 1 is 1.15 bits per heavy atom. The molecule has 11 heteroatoms. The van der Waals surface area contributed by atoms with Gasteiger partial charge in [0, 0.05) is 30.7 Å². The average molecular weight is 525 g/mol. The van der Waals surface area contributed by atoms with Crippen LogP contribution in [0.15, 0.2) is 48.9 Å². The molecule has 0 radical (unpaired) electrons. The van der Waals surface area contributed by atoms with Crippen LogP contribution in [-0.4, -0.2) is 52.1 Å². The number of nitriles is 1. The Balaban J connectivity index is 1.30. The Kier molecular flexibility index (Phi) is 4.77. The lowest BCUT2D eigenvalue weighted by Gasteiger charge is -2.26. The first-order chi connectivity index (χ1) is 18.8. The van der Waals surface area contributed by atoms with Gasteiger partial charge in [-0.05, 0) is 19.1 Å². The predicted octanol–water partition coefficient (Wildman–Crippen LogP) is 3.26. The molecule has 1 saturated heterocycles. The number of hydrogen-bond donors (Lipinski definition) is 3. The molecule has 2 aliphatic rings. The van der Waals surface area contributed by atoms with Crippen molar-refractivity contribution in [2.24, 2.45) is 7.05 Å². The second kappa shape index (κ2) is 7.92. The molecule has 0 spiro atoms. The lowest BCUT2D eigenvalue weighted by Crippen LogP contribution is -2.33. The molecule has 0 amide bonds. The quantitative estimate of drug-likeness (QED) is 0.315. The van der Waals surface area contributed by atoms with Gasteiger partial charge in [0.2, 0.25) is 11.8 Å². The van der Waals surface area contributed by atoms with Crippen LogP contribution >= 0.6 is 0 Å². The van der Waals surface area contributed by atoms with Crippen molar-refractivity contribution in [3.63, 3.8) is 0 Å². The van der Waals surface area contributed by atoms with E-state index in [1.54, 1.807) is 36.9 Å². The fourth-order valence-corrected chi connectivity index (χ4v) is 6.28. The Bertz CT molecular complexity index is 1860. The van der Waals surface area contributed by atoms with E-state index < -0.39 is 17.3 Å². The summed E-state index contributed by atoms with van der Waals surface area (Å²) in [5, 5.41) is 45.1. The summed E-state index contributed by atoms with van der Waals surface area (Å²) in [5.41, 5.74) is 0.701. The number of aryl methyl sites for hydroxylation is 1. The number of nitrogens with zero attached hydrogens (tertiary/aromatic N) is 6.